The molecule has 1 aliphatic heterocycles. The van der Waals surface area contributed by atoms with Crippen LogP contribution in [0.15, 0.2) is 24.3 Å². The summed E-state index contributed by atoms with van der Waals surface area (Å²) in [6.45, 7) is 2.40. The molecule has 0 saturated heterocycles. The van der Waals surface area contributed by atoms with Crippen molar-refractivity contribution in [2.24, 2.45) is 12.8 Å². The summed E-state index contributed by atoms with van der Waals surface area (Å²) >= 11 is 6.32. The zero-order valence-electron chi connectivity index (χ0n) is 11.7. The minimum absolute atomic E-state index is 0.446. The Labute approximate surface area is 123 Å². The zero-order chi connectivity index (χ0) is 14.3. The van der Waals surface area contributed by atoms with Crippen LogP contribution in [0, 0.1) is 6.92 Å². The molecule has 106 valence electrons. The standard InChI is InChI=1S/C15H18ClN3O/c1-10-14(16)12(19(2)18-10)8-15(17)7-11-5-3-4-6-13(11)20-9-15/h3-6H,7-9,17H2,1-2H3. The van der Waals surface area contributed by atoms with E-state index in [2.05, 4.69) is 11.2 Å². The maximum absolute atomic E-state index is 6.53. The number of ether oxygens (including phenoxy) is 1. The van der Waals surface area contributed by atoms with Crippen molar-refractivity contribution in [3.05, 3.63) is 46.2 Å². The van der Waals surface area contributed by atoms with Gasteiger partial charge in [-0.15, -0.1) is 0 Å². The summed E-state index contributed by atoms with van der Waals surface area (Å²) in [6.07, 6.45) is 1.43. The Bertz CT molecular complexity index is 653. The molecule has 1 aliphatic rings. The van der Waals surface area contributed by atoms with E-state index in [-0.39, 0.29) is 0 Å². The fourth-order valence-electron chi connectivity index (χ4n) is 2.76. The predicted octanol–water partition coefficient (Wildman–Crippen LogP) is 2.26. The monoisotopic (exact) mass is 291 g/mol. The number of nitrogens with two attached hydrogens (primary N) is 1. The van der Waals surface area contributed by atoms with Crippen molar-refractivity contribution >= 4 is 11.6 Å². The van der Waals surface area contributed by atoms with Crippen molar-refractivity contribution in [1.82, 2.24) is 9.78 Å². The van der Waals surface area contributed by atoms with E-state index in [1.165, 1.54) is 0 Å². The van der Waals surface area contributed by atoms with Crippen LogP contribution >= 0.6 is 11.6 Å². The van der Waals surface area contributed by atoms with Crippen molar-refractivity contribution in [3.63, 3.8) is 0 Å². The highest BCUT2D eigenvalue weighted by atomic mass is 35.5. The normalized spacial score (nSPS) is 21.4. The van der Waals surface area contributed by atoms with Gasteiger partial charge in [0.05, 0.1) is 21.9 Å². The van der Waals surface area contributed by atoms with E-state index in [9.17, 15) is 0 Å². The van der Waals surface area contributed by atoms with Crippen LogP contribution in [0.25, 0.3) is 0 Å². The van der Waals surface area contributed by atoms with Gasteiger partial charge in [0.15, 0.2) is 0 Å². The van der Waals surface area contributed by atoms with E-state index in [1.807, 2.05) is 36.9 Å². The lowest BCUT2D eigenvalue weighted by Crippen LogP contribution is -2.52. The minimum atomic E-state index is -0.446. The number of nitrogens with zero attached hydrogens (tertiary/aromatic N) is 2. The second kappa shape index (κ2) is 4.79. The van der Waals surface area contributed by atoms with Gasteiger partial charge < -0.3 is 10.5 Å². The highest BCUT2D eigenvalue weighted by Gasteiger charge is 2.34. The van der Waals surface area contributed by atoms with Crippen LogP contribution in [0.4, 0.5) is 0 Å². The largest absolute Gasteiger partial charge is 0.491 e. The highest BCUT2D eigenvalue weighted by Crippen LogP contribution is 2.31. The number of rotatable bonds is 2. The molecule has 1 aromatic heterocycles. The molecule has 0 amide bonds. The van der Waals surface area contributed by atoms with E-state index >= 15 is 0 Å². The van der Waals surface area contributed by atoms with Crippen molar-refractivity contribution in [2.45, 2.75) is 25.3 Å². The molecule has 0 fully saturated rings. The van der Waals surface area contributed by atoms with Gasteiger partial charge in [-0.25, -0.2) is 0 Å². The number of aromatic nitrogens is 2. The Morgan fingerprint density at radius 2 is 2.20 bits per heavy atom. The predicted molar refractivity (Wildman–Crippen MR) is 79.2 cm³/mol. The van der Waals surface area contributed by atoms with Gasteiger partial charge in [0.25, 0.3) is 0 Å². The van der Waals surface area contributed by atoms with E-state index in [0.29, 0.717) is 18.1 Å². The topological polar surface area (TPSA) is 53.1 Å². The second-order valence-electron chi connectivity index (χ2n) is 5.58. The molecule has 0 aliphatic carbocycles. The number of hydrogen-bond donors (Lipinski definition) is 1. The highest BCUT2D eigenvalue weighted by molar-refractivity contribution is 6.31. The summed E-state index contributed by atoms with van der Waals surface area (Å²) in [7, 11) is 1.90. The first-order valence-corrected chi connectivity index (χ1v) is 7.04. The van der Waals surface area contributed by atoms with Crippen LogP contribution in [0.5, 0.6) is 5.75 Å². The van der Waals surface area contributed by atoms with Crippen LogP contribution in [-0.4, -0.2) is 21.9 Å². The summed E-state index contributed by atoms with van der Waals surface area (Å²) in [5.74, 6) is 0.931. The number of fused-ring (bicyclic) bond motifs is 1. The van der Waals surface area contributed by atoms with Gasteiger partial charge in [-0.3, -0.25) is 4.68 Å². The summed E-state index contributed by atoms with van der Waals surface area (Å²) in [6, 6.07) is 8.03. The van der Waals surface area contributed by atoms with Crippen LogP contribution in [0.1, 0.15) is 17.0 Å². The molecule has 1 unspecified atom stereocenters. The molecule has 0 saturated carbocycles. The van der Waals surface area contributed by atoms with Gasteiger partial charge in [0.1, 0.15) is 12.4 Å². The first-order chi connectivity index (χ1) is 9.48. The van der Waals surface area contributed by atoms with E-state index in [1.54, 1.807) is 0 Å². The quantitative estimate of drug-likeness (QED) is 0.923. The maximum Gasteiger partial charge on any atom is 0.122 e. The van der Waals surface area contributed by atoms with E-state index < -0.39 is 5.54 Å². The number of benzene rings is 1. The van der Waals surface area contributed by atoms with Gasteiger partial charge in [-0.2, -0.15) is 5.10 Å². The molecule has 0 bridgehead atoms. The van der Waals surface area contributed by atoms with Gasteiger partial charge >= 0.3 is 0 Å². The zero-order valence-corrected chi connectivity index (χ0v) is 12.4. The molecule has 1 atom stereocenters. The third kappa shape index (κ3) is 2.30. The molecular weight excluding hydrogens is 274 g/mol. The molecular formula is C15H18ClN3O. The Morgan fingerprint density at radius 1 is 1.45 bits per heavy atom. The lowest BCUT2D eigenvalue weighted by molar-refractivity contribution is 0.188. The smallest absolute Gasteiger partial charge is 0.122 e. The fourth-order valence-corrected chi connectivity index (χ4v) is 2.99. The third-order valence-corrected chi connectivity index (χ3v) is 4.30. The Morgan fingerprint density at radius 3 is 2.90 bits per heavy atom. The molecule has 20 heavy (non-hydrogen) atoms. The molecule has 2 aromatic rings. The molecule has 5 heteroatoms. The van der Waals surface area contributed by atoms with Gasteiger partial charge in [-0.1, -0.05) is 29.8 Å². The first-order valence-electron chi connectivity index (χ1n) is 6.66. The Balaban J connectivity index is 1.88. The molecule has 4 nitrogen and oxygen atoms in total. The van der Waals surface area contributed by atoms with Gasteiger partial charge in [-0.05, 0) is 25.0 Å². The summed E-state index contributed by atoms with van der Waals surface area (Å²) in [5, 5.41) is 5.04. The van der Waals surface area contributed by atoms with Crippen molar-refractivity contribution in [2.75, 3.05) is 6.61 Å². The summed E-state index contributed by atoms with van der Waals surface area (Å²) < 4.78 is 7.61. The first kappa shape index (κ1) is 13.5. The molecule has 0 radical (unpaired) electrons. The SMILES string of the molecule is Cc1nn(C)c(CC2(N)COc3ccccc3C2)c1Cl. The fraction of sp³-hybridized carbons (Fsp3) is 0.400. The van der Waals surface area contributed by atoms with Crippen LogP contribution in [0.3, 0.4) is 0 Å². The summed E-state index contributed by atoms with van der Waals surface area (Å²) in [5.41, 5.74) is 9.04. The van der Waals surface area contributed by atoms with Crippen LogP contribution in [-0.2, 0) is 19.9 Å². The molecule has 3 rings (SSSR count). The van der Waals surface area contributed by atoms with Crippen molar-refractivity contribution in [3.8, 4) is 5.75 Å². The molecule has 0 spiro atoms. The van der Waals surface area contributed by atoms with Gasteiger partial charge in [0, 0.05) is 13.5 Å². The maximum atomic E-state index is 6.53. The lowest BCUT2D eigenvalue weighted by atomic mass is 9.86. The number of hydrogen-bond acceptors (Lipinski definition) is 3. The van der Waals surface area contributed by atoms with Crippen LogP contribution in [0.2, 0.25) is 5.02 Å². The number of para-hydroxylation sites is 1. The number of halogens is 1. The van der Waals surface area contributed by atoms with E-state index in [0.717, 1.165) is 29.1 Å². The molecule has 1 aromatic carbocycles. The Kier molecular flexibility index (Phi) is 3.22. The molecule has 2 N–H and O–H groups in total. The third-order valence-electron chi connectivity index (χ3n) is 3.81. The second-order valence-corrected chi connectivity index (χ2v) is 5.96. The lowest BCUT2D eigenvalue weighted by Gasteiger charge is -2.34. The summed E-state index contributed by atoms with van der Waals surface area (Å²) in [4.78, 5) is 0. The van der Waals surface area contributed by atoms with E-state index in [4.69, 9.17) is 22.1 Å². The minimum Gasteiger partial charge on any atom is -0.491 e. The van der Waals surface area contributed by atoms with Crippen molar-refractivity contribution < 1.29 is 4.74 Å². The average Bonchev–Trinajstić information content (AvgIpc) is 2.65. The average molecular weight is 292 g/mol. The van der Waals surface area contributed by atoms with Crippen LogP contribution < -0.4 is 10.5 Å². The van der Waals surface area contributed by atoms with Gasteiger partial charge in [0.2, 0.25) is 0 Å². The van der Waals surface area contributed by atoms with Crippen molar-refractivity contribution in [1.29, 1.82) is 0 Å². The number of aryl methyl sites for hydroxylation is 2. The molecule has 2 heterocycles. The Hall–Kier alpha value is -1.52.